The van der Waals surface area contributed by atoms with Crippen LogP contribution in [0.15, 0.2) is 84.9 Å². The zero-order chi connectivity index (χ0) is 20.9. The molecular formula is C24H16N4O2. The lowest BCUT2D eigenvalue weighted by molar-refractivity contribution is 0.101. The monoisotopic (exact) mass is 392 g/mol. The van der Waals surface area contributed by atoms with Crippen molar-refractivity contribution in [2.45, 2.75) is 0 Å². The lowest BCUT2D eigenvalue weighted by atomic mass is 10.1. The summed E-state index contributed by atoms with van der Waals surface area (Å²) in [6.07, 6.45) is 0. The summed E-state index contributed by atoms with van der Waals surface area (Å²) < 4.78 is 0. The SMILES string of the molecule is N#Cc1cccc(NC(=O)c2cccc(NC(=O)c3ccc4ccccc4n3)c2)c1. The molecule has 2 N–H and O–H groups in total. The highest BCUT2D eigenvalue weighted by molar-refractivity contribution is 6.07. The van der Waals surface area contributed by atoms with Gasteiger partial charge in [0.25, 0.3) is 11.8 Å². The van der Waals surface area contributed by atoms with Crippen molar-refractivity contribution in [2.75, 3.05) is 10.6 Å². The largest absolute Gasteiger partial charge is 0.322 e. The molecule has 0 aliphatic rings. The van der Waals surface area contributed by atoms with Gasteiger partial charge in [0.1, 0.15) is 5.69 Å². The second-order valence-corrected chi connectivity index (χ2v) is 6.57. The van der Waals surface area contributed by atoms with Crippen LogP contribution in [0.5, 0.6) is 0 Å². The number of nitriles is 1. The summed E-state index contributed by atoms with van der Waals surface area (Å²) in [5.74, 6) is -0.704. The Morgan fingerprint density at radius 2 is 1.50 bits per heavy atom. The van der Waals surface area contributed by atoms with E-state index >= 15 is 0 Å². The minimum atomic E-state index is -0.361. The molecule has 0 unspecified atom stereocenters. The standard InChI is InChI=1S/C24H16N4O2/c25-15-16-5-3-8-19(13-16)26-23(29)18-7-4-9-20(14-18)27-24(30)22-12-11-17-6-1-2-10-21(17)28-22/h1-14H,(H,26,29)(H,27,30). The molecule has 4 rings (SSSR count). The van der Waals surface area contributed by atoms with Crippen molar-refractivity contribution >= 4 is 34.1 Å². The van der Waals surface area contributed by atoms with Crippen LogP contribution in [-0.2, 0) is 0 Å². The maximum Gasteiger partial charge on any atom is 0.274 e. The van der Waals surface area contributed by atoms with E-state index in [0.717, 1.165) is 10.9 Å². The third-order valence-corrected chi connectivity index (χ3v) is 4.46. The number of amides is 2. The van der Waals surface area contributed by atoms with Gasteiger partial charge < -0.3 is 10.6 Å². The van der Waals surface area contributed by atoms with E-state index in [1.165, 1.54) is 0 Å². The fourth-order valence-electron chi connectivity index (χ4n) is 3.00. The first-order valence-electron chi connectivity index (χ1n) is 9.21. The number of anilines is 2. The number of carbonyl (C=O) groups is 2. The number of aromatic nitrogens is 1. The van der Waals surface area contributed by atoms with Crippen molar-refractivity contribution in [2.24, 2.45) is 0 Å². The molecule has 0 aliphatic heterocycles. The number of rotatable bonds is 4. The maximum absolute atomic E-state index is 12.6. The van der Waals surface area contributed by atoms with Crippen molar-refractivity contribution in [3.63, 3.8) is 0 Å². The Bertz CT molecular complexity index is 1310. The molecule has 0 aliphatic carbocycles. The van der Waals surface area contributed by atoms with Gasteiger partial charge in [-0.05, 0) is 48.5 Å². The summed E-state index contributed by atoms with van der Waals surface area (Å²) in [7, 11) is 0. The average molecular weight is 392 g/mol. The van der Waals surface area contributed by atoms with Crippen molar-refractivity contribution in [3.05, 3.63) is 102 Å². The van der Waals surface area contributed by atoms with Crippen molar-refractivity contribution in [1.29, 1.82) is 5.26 Å². The van der Waals surface area contributed by atoms with Crippen LogP contribution >= 0.6 is 0 Å². The Morgan fingerprint density at radius 3 is 2.33 bits per heavy atom. The molecule has 0 bridgehead atoms. The van der Waals surface area contributed by atoms with Gasteiger partial charge in [-0.2, -0.15) is 5.26 Å². The lowest BCUT2D eigenvalue weighted by Crippen LogP contribution is -2.15. The molecule has 3 aromatic carbocycles. The molecule has 0 saturated heterocycles. The third kappa shape index (κ3) is 4.16. The van der Waals surface area contributed by atoms with E-state index in [9.17, 15) is 9.59 Å². The number of hydrogen-bond acceptors (Lipinski definition) is 4. The molecule has 0 saturated carbocycles. The van der Waals surface area contributed by atoms with E-state index in [2.05, 4.69) is 15.6 Å². The molecule has 0 radical (unpaired) electrons. The van der Waals surface area contributed by atoms with E-state index in [0.29, 0.717) is 22.5 Å². The molecule has 1 heterocycles. The van der Waals surface area contributed by atoms with E-state index in [1.54, 1.807) is 54.6 Å². The van der Waals surface area contributed by atoms with Crippen molar-refractivity contribution in [3.8, 4) is 6.07 Å². The number of nitrogens with zero attached hydrogens (tertiary/aromatic N) is 2. The normalized spacial score (nSPS) is 10.2. The predicted octanol–water partition coefficient (Wildman–Crippen LogP) is 4.61. The van der Waals surface area contributed by atoms with Crippen LogP contribution in [-0.4, -0.2) is 16.8 Å². The van der Waals surface area contributed by atoms with Gasteiger partial charge in [-0.1, -0.05) is 36.4 Å². The molecular weight excluding hydrogens is 376 g/mol. The summed E-state index contributed by atoms with van der Waals surface area (Å²) in [4.78, 5) is 29.5. The fourth-order valence-corrected chi connectivity index (χ4v) is 3.00. The van der Waals surface area contributed by atoms with E-state index in [-0.39, 0.29) is 17.5 Å². The first-order valence-corrected chi connectivity index (χ1v) is 9.21. The Kier molecular flexibility index (Phi) is 5.18. The average Bonchev–Trinajstić information content (AvgIpc) is 2.79. The zero-order valence-corrected chi connectivity index (χ0v) is 15.8. The van der Waals surface area contributed by atoms with Gasteiger partial charge in [0.05, 0.1) is 17.1 Å². The summed E-state index contributed by atoms with van der Waals surface area (Å²) >= 11 is 0. The summed E-state index contributed by atoms with van der Waals surface area (Å²) in [6, 6.07) is 26.4. The zero-order valence-electron chi connectivity index (χ0n) is 15.8. The second-order valence-electron chi connectivity index (χ2n) is 6.57. The summed E-state index contributed by atoms with van der Waals surface area (Å²) in [5, 5.41) is 15.5. The molecule has 0 spiro atoms. The predicted molar refractivity (Wildman–Crippen MR) is 115 cm³/mol. The van der Waals surface area contributed by atoms with Crippen molar-refractivity contribution < 1.29 is 9.59 Å². The van der Waals surface area contributed by atoms with Crippen LogP contribution in [0.4, 0.5) is 11.4 Å². The van der Waals surface area contributed by atoms with E-state index < -0.39 is 0 Å². The number of para-hydroxylation sites is 1. The first-order chi connectivity index (χ1) is 14.6. The quantitative estimate of drug-likeness (QED) is 0.530. The number of pyridine rings is 1. The van der Waals surface area contributed by atoms with Gasteiger partial charge in [-0.15, -0.1) is 0 Å². The van der Waals surface area contributed by atoms with E-state index in [4.69, 9.17) is 5.26 Å². The molecule has 6 heteroatoms. The second kappa shape index (κ2) is 8.25. The van der Waals surface area contributed by atoms with Gasteiger partial charge >= 0.3 is 0 Å². The lowest BCUT2D eigenvalue weighted by Gasteiger charge is -2.09. The van der Waals surface area contributed by atoms with Gasteiger partial charge in [0.2, 0.25) is 0 Å². The van der Waals surface area contributed by atoms with Crippen LogP contribution in [0.2, 0.25) is 0 Å². The number of fused-ring (bicyclic) bond motifs is 1. The molecule has 144 valence electrons. The Balaban J connectivity index is 1.50. The summed E-state index contributed by atoms with van der Waals surface area (Å²) in [6.45, 7) is 0. The third-order valence-electron chi connectivity index (χ3n) is 4.46. The molecule has 6 nitrogen and oxygen atoms in total. The molecule has 30 heavy (non-hydrogen) atoms. The van der Waals surface area contributed by atoms with Crippen LogP contribution < -0.4 is 10.6 Å². The molecule has 2 amide bonds. The smallest absolute Gasteiger partial charge is 0.274 e. The number of nitrogens with one attached hydrogen (secondary N) is 2. The number of benzene rings is 3. The minimum absolute atomic E-state index is 0.289. The minimum Gasteiger partial charge on any atom is -0.322 e. The Morgan fingerprint density at radius 1 is 0.767 bits per heavy atom. The molecule has 0 atom stereocenters. The maximum atomic E-state index is 12.6. The first kappa shape index (κ1) is 18.8. The van der Waals surface area contributed by atoms with Crippen LogP contribution in [0.25, 0.3) is 10.9 Å². The number of carbonyl (C=O) groups excluding carboxylic acids is 2. The highest BCUT2D eigenvalue weighted by Crippen LogP contribution is 2.17. The van der Waals surface area contributed by atoms with E-state index in [1.807, 2.05) is 36.4 Å². The summed E-state index contributed by atoms with van der Waals surface area (Å²) in [5.41, 5.74) is 2.86. The molecule has 0 fully saturated rings. The highest BCUT2D eigenvalue weighted by Gasteiger charge is 2.11. The van der Waals surface area contributed by atoms with Gasteiger partial charge in [0, 0.05) is 22.3 Å². The van der Waals surface area contributed by atoms with Gasteiger partial charge in [-0.3, -0.25) is 9.59 Å². The Labute approximate surface area is 172 Å². The highest BCUT2D eigenvalue weighted by atomic mass is 16.2. The molecule has 1 aromatic heterocycles. The Hall–Kier alpha value is -4.50. The van der Waals surface area contributed by atoms with Crippen molar-refractivity contribution in [1.82, 2.24) is 4.98 Å². The number of hydrogen-bond donors (Lipinski definition) is 2. The molecule has 4 aromatic rings. The fraction of sp³-hybridized carbons (Fsp3) is 0. The van der Waals surface area contributed by atoms with Gasteiger partial charge in [-0.25, -0.2) is 4.98 Å². The topological polar surface area (TPSA) is 94.9 Å². The van der Waals surface area contributed by atoms with Crippen LogP contribution in [0, 0.1) is 11.3 Å². The van der Waals surface area contributed by atoms with Crippen LogP contribution in [0.3, 0.4) is 0 Å². The van der Waals surface area contributed by atoms with Crippen LogP contribution in [0.1, 0.15) is 26.4 Å². The van der Waals surface area contributed by atoms with Gasteiger partial charge in [0.15, 0.2) is 0 Å².